The fraction of sp³-hybridized carbons (Fsp3) is 0.400. The Morgan fingerprint density at radius 1 is 1.62 bits per heavy atom. The Bertz CT molecular complexity index is 472. The Hall–Kier alpha value is -1.14. The summed E-state index contributed by atoms with van der Waals surface area (Å²) in [6, 6.07) is 1.77. The Morgan fingerprint density at radius 3 is 2.94 bits per heavy atom. The maximum absolute atomic E-state index is 10.3. The molecule has 0 aliphatic rings. The van der Waals surface area contributed by atoms with Gasteiger partial charge in [-0.1, -0.05) is 12.1 Å². The summed E-state index contributed by atoms with van der Waals surface area (Å²) in [5.41, 5.74) is 1.38. The molecule has 2 aromatic heterocycles. The van der Waals surface area contributed by atoms with Crippen LogP contribution in [-0.4, -0.2) is 20.1 Å². The summed E-state index contributed by atoms with van der Waals surface area (Å²) in [5.74, 6) is 0.778. The van der Waals surface area contributed by atoms with Crippen LogP contribution in [0.1, 0.15) is 30.0 Å². The molecule has 2 aromatic rings. The zero-order valence-corrected chi connectivity index (χ0v) is 10.6. The monoisotopic (exact) mass is 285 g/mol. The Morgan fingerprint density at radius 2 is 2.38 bits per heavy atom. The van der Waals surface area contributed by atoms with Gasteiger partial charge < -0.3 is 9.52 Å². The maximum atomic E-state index is 10.3. The van der Waals surface area contributed by atoms with Crippen molar-refractivity contribution in [2.45, 2.75) is 19.4 Å². The van der Waals surface area contributed by atoms with Crippen LogP contribution in [0.2, 0.25) is 0 Å². The molecule has 16 heavy (non-hydrogen) atoms. The van der Waals surface area contributed by atoms with E-state index >= 15 is 0 Å². The van der Waals surface area contributed by atoms with Crippen molar-refractivity contribution in [3.05, 3.63) is 34.0 Å². The molecule has 1 N–H and O–H groups in total. The van der Waals surface area contributed by atoms with Gasteiger partial charge in [-0.05, 0) is 22.0 Å². The van der Waals surface area contributed by atoms with Crippen molar-refractivity contribution in [2.75, 3.05) is 0 Å². The maximum Gasteiger partial charge on any atom is 0.154 e. The molecule has 2 rings (SSSR count). The average molecular weight is 286 g/mol. The highest BCUT2D eigenvalue weighted by atomic mass is 79.9. The first-order valence-electron chi connectivity index (χ1n) is 4.94. The SMILES string of the molecule is CCc1occc1C(O)c1c(Br)nnn1C. The molecule has 0 saturated carbocycles. The van der Waals surface area contributed by atoms with E-state index < -0.39 is 6.10 Å². The van der Waals surface area contributed by atoms with Crippen molar-refractivity contribution < 1.29 is 9.52 Å². The molecule has 0 amide bonds. The van der Waals surface area contributed by atoms with Gasteiger partial charge in [0.2, 0.25) is 0 Å². The van der Waals surface area contributed by atoms with Crippen LogP contribution in [0.5, 0.6) is 0 Å². The number of aromatic nitrogens is 3. The van der Waals surface area contributed by atoms with Crippen molar-refractivity contribution >= 4 is 15.9 Å². The molecule has 86 valence electrons. The number of furan rings is 1. The van der Waals surface area contributed by atoms with Crippen molar-refractivity contribution in [3.63, 3.8) is 0 Å². The Balaban J connectivity index is 2.43. The van der Waals surface area contributed by atoms with E-state index in [1.807, 2.05) is 6.92 Å². The summed E-state index contributed by atoms with van der Waals surface area (Å²) in [6.07, 6.45) is 1.54. The minimum Gasteiger partial charge on any atom is -0.469 e. The predicted octanol–water partition coefficient (Wildman–Crippen LogP) is 1.81. The van der Waals surface area contributed by atoms with E-state index in [4.69, 9.17) is 4.42 Å². The zero-order valence-electron chi connectivity index (χ0n) is 9.01. The van der Waals surface area contributed by atoms with Crippen LogP contribution in [0.15, 0.2) is 21.3 Å². The zero-order chi connectivity index (χ0) is 11.7. The third-order valence-electron chi connectivity index (χ3n) is 2.48. The van der Waals surface area contributed by atoms with Gasteiger partial charge in [0.15, 0.2) is 4.60 Å². The quantitative estimate of drug-likeness (QED) is 0.934. The summed E-state index contributed by atoms with van der Waals surface area (Å²) in [5, 5.41) is 17.9. The van der Waals surface area contributed by atoms with Gasteiger partial charge in [0.1, 0.15) is 17.6 Å². The van der Waals surface area contributed by atoms with E-state index in [1.54, 1.807) is 24.1 Å². The first-order valence-corrected chi connectivity index (χ1v) is 5.73. The van der Waals surface area contributed by atoms with Crippen molar-refractivity contribution in [3.8, 4) is 0 Å². The Kier molecular flexibility index (Phi) is 3.11. The standard InChI is InChI=1S/C10H12BrN3O2/c1-3-7-6(4-5-16-7)9(15)8-10(11)12-13-14(8)2/h4-5,9,15H,3H2,1-2H3. The second-order valence-electron chi connectivity index (χ2n) is 3.44. The summed E-state index contributed by atoms with van der Waals surface area (Å²) >= 11 is 3.26. The van der Waals surface area contributed by atoms with E-state index in [1.165, 1.54) is 0 Å². The van der Waals surface area contributed by atoms with Crippen LogP contribution >= 0.6 is 15.9 Å². The van der Waals surface area contributed by atoms with E-state index in [9.17, 15) is 5.11 Å². The van der Waals surface area contributed by atoms with Gasteiger partial charge in [-0.15, -0.1) is 5.10 Å². The van der Waals surface area contributed by atoms with Crippen molar-refractivity contribution in [1.29, 1.82) is 0 Å². The Labute approximate surface area is 101 Å². The highest BCUT2D eigenvalue weighted by molar-refractivity contribution is 9.10. The molecular weight excluding hydrogens is 274 g/mol. The van der Waals surface area contributed by atoms with E-state index in [0.29, 0.717) is 10.3 Å². The van der Waals surface area contributed by atoms with Gasteiger partial charge in [-0.25, -0.2) is 4.68 Å². The van der Waals surface area contributed by atoms with Crippen molar-refractivity contribution in [1.82, 2.24) is 15.0 Å². The normalized spacial score (nSPS) is 13.0. The molecule has 0 aromatic carbocycles. The molecular formula is C10H12BrN3O2. The summed E-state index contributed by atoms with van der Waals surface area (Å²) in [7, 11) is 1.74. The smallest absolute Gasteiger partial charge is 0.154 e. The van der Waals surface area contributed by atoms with E-state index in [-0.39, 0.29) is 0 Å². The molecule has 0 spiro atoms. The lowest BCUT2D eigenvalue weighted by atomic mass is 10.1. The number of rotatable bonds is 3. The first kappa shape index (κ1) is 11.3. The van der Waals surface area contributed by atoms with Crippen LogP contribution in [0.3, 0.4) is 0 Å². The van der Waals surface area contributed by atoms with Gasteiger partial charge in [-0.2, -0.15) is 0 Å². The summed E-state index contributed by atoms with van der Waals surface area (Å²) < 4.78 is 7.38. The average Bonchev–Trinajstić information content (AvgIpc) is 2.85. The number of aliphatic hydroxyl groups excluding tert-OH is 1. The number of halogens is 1. The third-order valence-corrected chi connectivity index (χ3v) is 3.05. The molecule has 6 heteroatoms. The minimum atomic E-state index is -0.775. The number of nitrogens with zero attached hydrogens (tertiary/aromatic N) is 3. The number of hydrogen-bond donors (Lipinski definition) is 1. The lowest BCUT2D eigenvalue weighted by molar-refractivity contribution is 0.206. The lowest BCUT2D eigenvalue weighted by Gasteiger charge is -2.10. The molecule has 0 radical (unpaired) electrons. The highest BCUT2D eigenvalue weighted by Crippen LogP contribution is 2.29. The number of aryl methyl sites for hydroxylation is 2. The molecule has 1 unspecified atom stereocenters. The van der Waals surface area contributed by atoms with E-state index in [0.717, 1.165) is 17.7 Å². The highest BCUT2D eigenvalue weighted by Gasteiger charge is 2.22. The topological polar surface area (TPSA) is 64.1 Å². The van der Waals surface area contributed by atoms with Gasteiger partial charge in [0, 0.05) is 19.0 Å². The van der Waals surface area contributed by atoms with Gasteiger partial charge in [0.25, 0.3) is 0 Å². The molecule has 0 saturated heterocycles. The van der Waals surface area contributed by atoms with Gasteiger partial charge in [-0.3, -0.25) is 0 Å². The van der Waals surface area contributed by atoms with Gasteiger partial charge in [0.05, 0.1) is 6.26 Å². The fourth-order valence-corrected chi connectivity index (χ4v) is 2.20. The third kappa shape index (κ3) is 1.78. The summed E-state index contributed by atoms with van der Waals surface area (Å²) in [4.78, 5) is 0. The van der Waals surface area contributed by atoms with Crippen molar-refractivity contribution in [2.24, 2.45) is 7.05 Å². The molecule has 5 nitrogen and oxygen atoms in total. The summed E-state index contributed by atoms with van der Waals surface area (Å²) in [6.45, 7) is 1.98. The number of aliphatic hydroxyl groups is 1. The molecule has 0 bridgehead atoms. The molecule has 0 aliphatic heterocycles. The van der Waals surface area contributed by atoms with Crippen LogP contribution < -0.4 is 0 Å². The fourth-order valence-electron chi connectivity index (χ4n) is 1.66. The van der Waals surface area contributed by atoms with Crippen LogP contribution in [-0.2, 0) is 13.5 Å². The predicted molar refractivity (Wildman–Crippen MR) is 60.9 cm³/mol. The second kappa shape index (κ2) is 4.39. The van der Waals surface area contributed by atoms with Crippen LogP contribution in [0, 0.1) is 0 Å². The molecule has 1 atom stereocenters. The lowest BCUT2D eigenvalue weighted by Crippen LogP contribution is -2.08. The van der Waals surface area contributed by atoms with E-state index in [2.05, 4.69) is 26.2 Å². The molecule has 2 heterocycles. The first-order chi connectivity index (χ1) is 7.65. The molecule has 0 aliphatic carbocycles. The minimum absolute atomic E-state index is 0.547. The number of hydrogen-bond acceptors (Lipinski definition) is 4. The van der Waals surface area contributed by atoms with Crippen LogP contribution in [0.4, 0.5) is 0 Å². The van der Waals surface area contributed by atoms with Crippen LogP contribution in [0.25, 0.3) is 0 Å². The molecule has 0 fully saturated rings. The van der Waals surface area contributed by atoms with Gasteiger partial charge >= 0.3 is 0 Å². The second-order valence-corrected chi connectivity index (χ2v) is 4.20. The largest absolute Gasteiger partial charge is 0.469 e.